The predicted octanol–water partition coefficient (Wildman–Crippen LogP) is 5.80. The summed E-state index contributed by atoms with van der Waals surface area (Å²) in [7, 11) is 0. The third kappa shape index (κ3) is 4.45. The Labute approximate surface area is 140 Å². The van der Waals surface area contributed by atoms with Gasteiger partial charge in [-0.1, -0.05) is 80.5 Å². The Bertz CT molecular complexity index is 530. The molecule has 2 rings (SSSR count). The first kappa shape index (κ1) is 15.3. The second kappa shape index (κ2) is 7.62. The number of rotatable bonds is 5. The van der Waals surface area contributed by atoms with E-state index in [1.54, 1.807) is 0 Å². The average Bonchev–Trinajstić information content (AvgIpc) is 2.43. The maximum Gasteiger partial charge on any atom is 0.0918 e. The molecule has 100 valence electrons. The molecule has 2 aromatic rings. The van der Waals surface area contributed by atoms with Gasteiger partial charge < -0.3 is 4.74 Å². The van der Waals surface area contributed by atoms with Crippen molar-refractivity contribution in [1.29, 1.82) is 0 Å². The van der Waals surface area contributed by atoms with E-state index in [-0.39, 0.29) is 6.10 Å². The van der Waals surface area contributed by atoms with E-state index in [1.165, 1.54) is 0 Å². The van der Waals surface area contributed by atoms with Crippen LogP contribution in [0.4, 0.5) is 0 Å². The van der Waals surface area contributed by atoms with Gasteiger partial charge >= 0.3 is 0 Å². The first-order valence-electron chi connectivity index (χ1n) is 5.87. The van der Waals surface area contributed by atoms with Gasteiger partial charge in [-0.2, -0.15) is 0 Å². The number of halogens is 3. The minimum absolute atomic E-state index is 0.0879. The van der Waals surface area contributed by atoms with E-state index in [0.717, 1.165) is 25.0 Å². The summed E-state index contributed by atoms with van der Waals surface area (Å²) in [5, 5.41) is 0.752. The molecule has 1 atom stereocenters. The van der Waals surface area contributed by atoms with Gasteiger partial charge in [-0.15, -0.1) is 0 Å². The highest BCUT2D eigenvalue weighted by atomic mass is 127. The third-order valence-electron chi connectivity index (χ3n) is 2.78. The molecule has 0 N–H and O–H groups in total. The van der Waals surface area contributed by atoms with Crippen LogP contribution in [0.2, 0.25) is 5.02 Å². The number of hydrogen-bond acceptors (Lipinski definition) is 1. The molecule has 0 heterocycles. The third-order valence-corrected chi connectivity index (χ3v) is 4.61. The van der Waals surface area contributed by atoms with Crippen molar-refractivity contribution in [2.45, 2.75) is 12.7 Å². The maximum atomic E-state index is 6.00. The van der Waals surface area contributed by atoms with Crippen molar-refractivity contribution in [1.82, 2.24) is 0 Å². The summed E-state index contributed by atoms with van der Waals surface area (Å²) in [5.74, 6) is 0. The first-order valence-corrected chi connectivity index (χ1v) is 8.57. The van der Waals surface area contributed by atoms with E-state index in [9.17, 15) is 0 Å². The summed E-state index contributed by atoms with van der Waals surface area (Å²) in [5.41, 5.74) is 2.32. The number of benzene rings is 2. The smallest absolute Gasteiger partial charge is 0.0918 e. The molecule has 0 spiro atoms. The molecule has 0 saturated carbocycles. The summed E-state index contributed by atoms with van der Waals surface area (Å²) in [4.78, 5) is 0. The van der Waals surface area contributed by atoms with Crippen LogP contribution < -0.4 is 0 Å². The first-order chi connectivity index (χ1) is 9.20. The van der Waals surface area contributed by atoms with E-state index in [1.807, 2.05) is 42.5 Å². The van der Waals surface area contributed by atoms with Gasteiger partial charge in [-0.25, -0.2) is 0 Å². The second-order valence-corrected chi connectivity index (χ2v) is 6.27. The largest absolute Gasteiger partial charge is 0.368 e. The molecule has 2 aromatic carbocycles. The fourth-order valence-corrected chi connectivity index (χ4v) is 3.00. The van der Waals surface area contributed by atoms with Gasteiger partial charge in [-0.3, -0.25) is 0 Å². The van der Waals surface area contributed by atoms with Crippen LogP contribution >= 0.6 is 50.1 Å². The zero-order valence-electron chi connectivity index (χ0n) is 10.2. The molecule has 0 aliphatic heterocycles. The monoisotopic (exact) mass is 450 g/mol. The predicted molar refractivity (Wildman–Crippen MR) is 92.0 cm³/mol. The molecule has 1 nitrogen and oxygen atoms in total. The van der Waals surface area contributed by atoms with Crippen LogP contribution in [-0.2, 0) is 11.3 Å². The number of alkyl halides is 1. The van der Waals surface area contributed by atoms with Gasteiger partial charge in [0.05, 0.1) is 12.7 Å². The van der Waals surface area contributed by atoms with Gasteiger partial charge in [0.25, 0.3) is 0 Å². The molecule has 0 saturated heterocycles. The Morgan fingerprint density at radius 3 is 2.42 bits per heavy atom. The normalized spacial score (nSPS) is 12.4. The minimum Gasteiger partial charge on any atom is -0.368 e. The summed E-state index contributed by atoms with van der Waals surface area (Å²) in [6, 6.07) is 16.0. The lowest BCUT2D eigenvalue weighted by atomic mass is 10.1. The van der Waals surface area contributed by atoms with Crippen molar-refractivity contribution in [3.63, 3.8) is 0 Å². The van der Waals surface area contributed by atoms with Crippen LogP contribution in [-0.4, -0.2) is 4.43 Å². The topological polar surface area (TPSA) is 9.23 Å². The Balaban J connectivity index is 2.04. The van der Waals surface area contributed by atoms with Crippen molar-refractivity contribution in [3.05, 3.63) is 69.2 Å². The van der Waals surface area contributed by atoms with E-state index < -0.39 is 0 Å². The quantitative estimate of drug-likeness (QED) is 0.413. The van der Waals surface area contributed by atoms with Gasteiger partial charge in [0.2, 0.25) is 0 Å². The highest BCUT2D eigenvalue weighted by molar-refractivity contribution is 14.1. The molecule has 19 heavy (non-hydrogen) atoms. The molecule has 0 radical (unpaired) electrons. The zero-order valence-corrected chi connectivity index (χ0v) is 14.7. The molecule has 0 amide bonds. The van der Waals surface area contributed by atoms with E-state index in [4.69, 9.17) is 16.3 Å². The number of ether oxygens (including phenoxy) is 1. The van der Waals surface area contributed by atoms with Crippen LogP contribution in [0, 0.1) is 0 Å². The highest BCUT2D eigenvalue weighted by Gasteiger charge is 2.11. The molecule has 0 fully saturated rings. The Hall–Kier alpha value is -0.100. The van der Waals surface area contributed by atoms with Crippen molar-refractivity contribution in [2.24, 2.45) is 0 Å². The summed E-state index contributed by atoms with van der Waals surface area (Å²) in [6.07, 6.45) is 0.0879. The molecule has 0 aromatic heterocycles. The van der Waals surface area contributed by atoms with Gasteiger partial charge in [0.1, 0.15) is 0 Å². The lowest BCUT2D eigenvalue weighted by Crippen LogP contribution is -2.06. The number of hydrogen-bond donors (Lipinski definition) is 0. The van der Waals surface area contributed by atoms with Crippen LogP contribution in [0.25, 0.3) is 0 Å². The standard InChI is InChI=1S/C15H13BrClIO/c16-14-4-2-1-3-12(14)10-19-15(9-18)11-5-7-13(17)8-6-11/h1-8,15H,9-10H2. The van der Waals surface area contributed by atoms with Crippen LogP contribution in [0.3, 0.4) is 0 Å². The molecular formula is C15H13BrClIO. The van der Waals surface area contributed by atoms with Gasteiger partial charge in [0.15, 0.2) is 0 Å². The van der Waals surface area contributed by atoms with Gasteiger partial charge in [0, 0.05) is 13.9 Å². The van der Waals surface area contributed by atoms with E-state index >= 15 is 0 Å². The fraction of sp³-hybridized carbons (Fsp3) is 0.200. The minimum atomic E-state index is 0.0879. The van der Waals surface area contributed by atoms with Crippen molar-refractivity contribution in [3.8, 4) is 0 Å². The summed E-state index contributed by atoms with van der Waals surface area (Å²) < 4.78 is 7.99. The molecular weight excluding hydrogens is 438 g/mol. The maximum absolute atomic E-state index is 6.00. The Morgan fingerprint density at radius 1 is 1.11 bits per heavy atom. The van der Waals surface area contributed by atoms with Crippen LogP contribution in [0.5, 0.6) is 0 Å². The lowest BCUT2D eigenvalue weighted by Gasteiger charge is -2.16. The summed E-state index contributed by atoms with van der Waals surface area (Å²) >= 11 is 11.8. The summed E-state index contributed by atoms with van der Waals surface area (Å²) in [6.45, 7) is 0.595. The van der Waals surface area contributed by atoms with Crippen molar-refractivity contribution >= 4 is 50.1 Å². The molecule has 1 unspecified atom stereocenters. The lowest BCUT2D eigenvalue weighted by molar-refractivity contribution is 0.0574. The van der Waals surface area contributed by atoms with E-state index in [0.29, 0.717) is 6.61 Å². The van der Waals surface area contributed by atoms with Gasteiger partial charge in [-0.05, 0) is 29.3 Å². The Morgan fingerprint density at radius 2 is 1.79 bits per heavy atom. The van der Waals surface area contributed by atoms with Crippen LogP contribution in [0.15, 0.2) is 53.0 Å². The molecule has 4 heteroatoms. The SMILES string of the molecule is Clc1ccc(C(CI)OCc2ccccc2Br)cc1. The van der Waals surface area contributed by atoms with Crippen LogP contribution in [0.1, 0.15) is 17.2 Å². The highest BCUT2D eigenvalue weighted by Crippen LogP contribution is 2.25. The van der Waals surface area contributed by atoms with Crippen molar-refractivity contribution < 1.29 is 4.74 Å². The fourth-order valence-electron chi connectivity index (χ4n) is 1.71. The molecule has 0 bridgehead atoms. The van der Waals surface area contributed by atoms with Crippen molar-refractivity contribution in [2.75, 3.05) is 4.43 Å². The van der Waals surface area contributed by atoms with E-state index in [2.05, 4.69) is 44.6 Å². The molecule has 0 aliphatic rings. The zero-order chi connectivity index (χ0) is 13.7. The Kier molecular flexibility index (Phi) is 6.13. The molecule has 0 aliphatic carbocycles. The average molecular weight is 452 g/mol. The second-order valence-electron chi connectivity index (χ2n) is 4.10.